The van der Waals surface area contributed by atoms with Crippen LogP contribution in [-0.4, -0.2) is 25.9 Å². The fourth-order valence-electron chi connectivity index (χ4n) is 3.36. The summed E-state index contributed by atoms with van der Waals surface area (Å²) < 4.78 is 11.4. The fourth-order valence-corrected chi connectivity index (χ4v) is 3.36. The van der Waals surface area contributed by atoms with E-state index in [1.54, 1.807) is 0 Å². The van der Waals surface area contributed by atoms with Gasteiger partial charge in [0.25, 0.3) is 0 Å². The van der Waals surface area contributed by atoms with Gasteiger partial charge in [-0.15, -0.1) is 0 Å². The van der Waals surface area contributed by atoms with Crippen LogP contribution in [0.4, 0.5) is 0 Å². The average molecular weight is 313 g/mol. The SMILES string of the molecule is CCOCCOc1ccc2ccccc2c1CNC1CCCC1. The summed E-state index contributed by atoms with van der Waals surface area (Å²) in [7, 11) is 0. The summed E-state index contributed by atoms with van der Waals surface area (Å²) in [4.78, 5) is 0. The van der Waals surface area contributed by atoms with Gasteiger partial charge in [0.05, 0.1) is 6.61 Å². The van der Waals surface area contributed by atoms with Crippen molar-refractivity contribution in [2.45, 2.75) is 45.2 Å². The van der Waals surface area contributed by atoms with Crippen LogP contribution >= 0.6 is 0 Å². The molecule has 1 aliphatic carbocycles. The molecule has 3 nitrogen and oxygen atoms in total. The Balaban J connectivity index is 1.77. The van der Waals surface area contributed by atoms with Crippen molar-refractivity contribution >= 4 is 10.8 Å². The van der Waals surface area contributed by atoms with E-state index in [9.17, 15) is 0 Å². The molecule has 0 unspecified atom stereocenters. The molecule has 3 heteroatoms. The Morgan fingerprint density at radius 3 is 2.70 bits per heavy atom. The maximum Gasteiger partial charge on any atom is 0.124 e. The molecular weight excluding hydrogens is 286 g/mol. The molecule has 2 aromatic carbocycles. The van der Waals surface area contributed by atoms with Crippen LogP contribution in [0.1, 0.15) is 38.2 Å². The second-order valence-electron chi connectivity index (χ2n) is 6.17. The molecule has 1 saturated carbocycles. The Morgan fingerprint density at radius 1 is 1.04 bits per heavy atom. The summed E-state index contributed by atoms with van der Waals surface area (Å²) in [5.41, 5.74) is 1.27. The Labute approximate surface area is 139 Å². The van der Waals surface area contributed by atoms with Gasteiger partial charge in [0.15, 0.2) is 0 Å². The summed E-state index contributed by atoms with van der Waals surface area (Å²) in [5, 5.41) is 6.28. The van der Waals surface area contributed by atoms with Gasteiger partial charge in [-0.1, -0.05) is 43.2 Å². The lowest BCUT2D eigenvalue weighted by Gasteiger charge is -2.17. The van der Waals surface area contributed by atoms with Crippen molar-refractivity contribution < 1.29 is 9.47 Å². The van der Waals surface area contributed by atoms with Crippen LogP contribution in [0.15, 0.2) is 36.4 Å². The molecule has 0 bridgehead atoms. The minimum atomic E-state index is 0.600. The van der Waals surface area contributed by atoms with Crippen molar-refractivity contribution in [2.24, 2.45) is 0 Å². The van der Waals surface area contributed by atoms with Gasteiger partial charge in [-0.2, -0.15) is 0 Å². The molecule has 0 amide bonds. The monoisotopic (exact) mass is 313 g/mol. The molecule has 124 valence electrons. The van der Waals surface area contributed by atoms with Gasteiger partial charge in [0, 0.05) is 24.8 Å². The van der Waals surface area contributed by atoms with E-state index in [2.05, 4.69) is 41.7 Å². The Kier molecular flexibility index (Phi) is 5.89. The van der Waals surface area contributed by atoms with Crippen molar-refractivity contribution in [3.8, 4) is 5.75 Å². The smallest absolute Gasteiger partial charge is 0.124 e. The third-order valence-corrected chi connectivity index (χ3v) is 4.61. The molecule has 2 aromatic rings. The highest BCUT2D eigenvalue weighted by molar-refractivity contribution is 5.87. The summed E-state index contributed by atoms with van der Waals surface area (Å²) in [6.07, 6.45) is 5.30. The summed E-state index contributed by atoms with van der Waals surface area (Å²) in [6.45, 7) is 4.85. The molecule has 23 heavy (non-hydrogen) atoms. The molecule has 0 saturated heterocycles. The first-order valence-corrected chi connectivity index (χ1v) is 8.83. The molecule has 0 radical (unpaired) electrons. The summed E-state index contributed by atoms with van der Waals surface area (Å²) in [5.74, 6) is 0.980. The first kappa shape index (κ1) is 16.3. The number of hydrogen-bond acceptors (Lipinski definition) is 3. The third-order valence-electron chi connectivity index (χ3n) is 4.61. The van der Waals surface area contributed by atoms with Gasteiger partial charge >= 0.3 is 0 Å². The predicted octanol–water partition coefficient (Wildman–Crippen LogP) is 4.29. The van der Waals surface area contributed by atoms with Gasteiger partial charge in [-0.05, 0) is 36.6 Å². The highest BCUT2D eigenvalue weighted by atomic mass is 16.5. The maximum atomic E-state index is 6.00. The van der Waals surface area contributed by atoms with Crippen LogP contribution in [0.3, 0.4) is 0 Å². The largest absolute Gasteiger partial charge is 0.491 e. The molecule has 0 aromatic heterocycles. The second-order valence-corrected chi connectivity index (χ2v) is 6.17. The number of hydrogen-bond donors (Lipinski definition) is 1. The molecule has 0 heterocycles. The van der Waals surface area contributed by atoms with Gasteiger partial charge in [0.2, 0.25) is 0 Å². The molecule has 3 rings (SSSR count). The average Bonchev–Trinajstić information content (AvgIpc) is 3.10. The van der Waals surface area contributed by atoms with Crippen LogP contribution in [0.5, 0.6) is 5.75 Å². The highest BCUT2D eigenvalue weighted by Gasteiger charge is 2.16. The Bertz CT molecular complexity index is 620. The Morgan fingerprint density at radius 2 is 1.87 bits per heavy atom. The number of nitrogens with one attached hydrogen (secondary N) is 1. The van der Waals surface area contributed by atoms with Gasteiger partial charge in [-0.3, -0.25) is 0 Å². The maximum absolute atomic E-state index is 6.00. The van der Waals surface area contributed by atoms with E-state index in [1.807, 2.05) is 6.92 Å². The lowest BCUT2D eigenvalue weighted by Crippen LogP contribution is -2.25. The van der Waals surface area contributed by atoms with Crippen molar-refractivity contribution in [3.63, 3.8) is 0 Å². The zero-order chi connectivity index (χ0) is 15.9. The van der Waals surface area contributed by atoms with Gasteiger partial charge < -0.3 is 14.8 Å². The zero-order valence-corrected chi connectivity index (χ0v) is 14.0. The quantitative estimate of drug-likeness (QED) is 0.738. The van der Waals surface area contributed by atoms with Crippen molar-refractivity contribution in [1.82, 2.24) is 5.32 Å². The van der Waals surface area contributed by atoms with E-state index in [0.717, 1.165) is 18.9 Å². The lowest BCUT2D eigenvalue weighted by molar-refractivity contribution is 0.110. The van der Waals surface area contributed by atoms with E-state index in [4.69, 9.17) is 9.47 Å². The number of ether oxygens (including phenoxy) is 2. The number of benzene rings is 2. The minimum Gasteiger partial charge on any atom is -0.491 e. The standard InChI is InChI=1S/C20H27NO2/c1-2-22-13-14-23-20-12-11-16-7-3-6-10-18(16)19(20)15-21-17-8-4-5-9-17/h3,6-7,10-12,17,21H,2,4-5,8-9,13-15H2,1H3. The van der Waals surface area contributed by atoms with Crippen LogP contribution in [-0.2, 0) is 11.3 Å². The Hall–Kier alpha value is -1.58. The molecule has 0 spiro atoms. The molecule has 1 N–H and O–H groups in total. The molecule has 1 aliphatic rings. The topological polar surface area (TPSA) is 30.5 Å². The molecular formula is C20H27NO2. The third kappa shape index (κ3) is 4.24. The summed E-state index contributed by atoms with van der Waals surface area (Å²) >= 11 is 0. The molecule has 1 fully saturated rings. The summed E-state index contributed by atoms with van der Waals surface area (Å²) in [6, 6.07) is 13.4. The van der Waals surface area contributed by atoms with Crippen molar-refractivity contribution in [1.29, 1.82) is 0 Å². The first-order chi connectivity index (χ1) is 11.4. The van der Waals surface area contributed by atoms with Crippen molar-refractivity contribution in [3.05, 3.63) is 42.0 Å². The highest BCUT2D eigenvalue weighted by Crippen LogP contribution is 2.29. The van der Waals surface area contributed by atoms with Gasteiger partial charge in [-0.25, -0.2) is 0 Å². The van der Waals surface area contributed by atoms with Gasteiger partial charge in [0.1, 0.15) is 12.4 Å². The van der Waals surface area contributed by atoms with Crippen LogP contribution in [0.2, 0.25) is 0 Å². The number of rotatable bonds is 8. The molecule has 0 atom stereocenters. The van der Waals surface area contributed by atoms with E-state index in [1.165, 1.54) is 42.0 Å². The van der Waals surface area contributed by atoms with E-state index in [-0.39, 0.29) is 0 Å². The van der Waals surface area contributed by atoms with E-state index < -0.39 is 0 Å². The first-order valence-electron chi connectivity index (χ1n) is 8.83. The van der Waals surface area contributed by atoms with E-state index in [0.29, 0.717) is 19.3 Å². The minimum absolute atomic E-state index is 0.600. The van der Waals surface area contributed by atoms with Crippen molar-refractivity contribution in [2.75, 3.05) is 19.8 Å². The fraction of sp³-hybridized carbons (Fsp3) is 0.500. The predicted molar refractivity (Wildman–Crippen MR) is 95.0 cm³/mol. The van der Waals surface area contributed by atoms with Crippen LogP contribution in [0.25, 0.3) is 10.8 Å². The molecule has 0 aliphatic heterocycles. The normalized spacial score (nSPS) is 15.3. The van der Waals surface area contributed by atoms with Crippen LogP contribution in [0, 0.1) is 0 Å². The lowest BCUT2D eigenvalue weighted by atomic mass is 10.0. The van der Waals surface area contributed by atoms with Crippen LogP contribution < -0.4 is 10.1 Å². The van der Waals surface area contributed by atoms with E-state index >= 15 is 0 Å². The second kappa shape index (κ2) is 8.32. The number of fused-ring (bicyclic) bond motifs is 1. The zero-order valence-electron chi connectivity index (χ0n) is 14.0.